The van der Waals surface area contributed by atoms with Gasteiger partial charge in [0.05, 0.1) is 6.61 Å². The highest BCUT2D eigenvalue weighted by Gasteiger charge is 2.33. The van der Waals surface area contributed by atoms with Crippen molar-refractivity contribution >= 4 is 11.6 Å². The Morgan fingerprint density at radius 3 is 2.39 bits per heavy atom. The SMILES string of the molecule is C=C(C)COCCC(CCl)C(C)(C)C(C)CCC. The molecule has 0 aromatic rings. The molecule has 0 aromatic heterocycles. The van der Waals surface area contributed by atoms with Crippen molar-refractivity contribution in [2.75, 3.05) is 19.1 Å². The third kappa shape index (κ3) is 6.24. The van der Waals surface area contributed by atoms with Crippen LogP contribution < -0.4 is 0 Å². The second-order valence-corrected chi connectivity index (χ2v) is 6.47. The summed E-state index contributed by atoms with van der Waals surface area (Å²) in [6.07, 6.45) is 3.55. The lowest BCUT2D eigenvalue weighted by atomic mass is 9.68. The third-order valence-corrected chi connectivity index (χ3v) is 4.56. The van der Waals surface area contributed by atoms with Crippen molar-refractivity contribution in [1.29, 1.82) is 0 Å². The molecule has 0 amide bonds. The summed E-state index contributed by atoms with van der Waals surface area (Å²) < 4.78 is 5.60. The maximum absolute atomic E-state index is 6.16. The number of hydrogen-bond donors (Lipinski definition) is 0. The zero-order chi connectivity index (χ0) is 14.2. The summed E-state index contributed by atoms with van der Waals surface area (Å²) in [5.74, 6) is 1.94. The summed E-state index contributed by atoms with van der Waals surface area (Å²) in [7, 11) is 0. The van der Waals surface area contributed by atoms with Gasteiger partial charge >= 0.3 is 0 Å². The molecule has 0 bridgehead atoms. The molecule has 0 saturated heterocycles. The summed E-state index contributed by atoms with van der Waals surface area (Å²) in [6.45, 7) is 16.6. The molecular formula is C16H31ClO. The number of ether oxygens (including phenoxy) is 1. The van der Waals surface area contributed by atoms with E-state index in [2.05, 4.69) is 34.3 Å². The predicted octanol–water partition coefficient (Wildman–Crippen LogP) is 5.29. The molecule has 2 unspecified atom stereocenters. The summed E-state index contributed by atoms with van der Waals surface area (Å²) in [5.41, 5.74) is 1.36. The standard InChI is InChI=1S/C16H31ClO/c1-7-8-14(4)16(5,6)15(11-17)9-10-18-12-13(2)3/h14-15H,2,7-12H2,1,3-6H3. The van der Waals surface area contributed by atoms with Crippen LogP contribution >= 0.6 is 11.6 Å². The normalized spacial score (nSPS) is 15.4. The van der Waals surface area contributed by atoms with Crippen LogP contribution in [0.25, 0.3) is 0 Å². The van der Waals surface area contributed by atoms with E-state index < -0.39 is 0 Å². The van der Waals surface area contributed by atoms with Crippen LogP contribution in [0, 0.1) is 17.3 Å². The maximum Gasteiger partial charge on any atom is 0.0671 e. The van der Waals surface area contributed by atoms with Gasteiger partial charge < -0.3 is 4.74 Å². The maximum atomic E-state index is 6.16. The molecule has 108 valence electrons. The lowest BCUT2D eigenvalue weighted by Crippen LogP contribution is -2.33. The molecule has 0 N–H and O–H groups in total. The Bertz CT molecular complexity index is 235. The molecule has 0 aliphatic rings. The Morgan fingerprint density at radius 2 is 1.94 bits per heavy atom. The van der Waals surface area contributed by atoms with Gasteiger partial charge in [-0.25, -0.2) is 0 Å². The average Bonchev–Trinajstić information content (AvgIpc) is 2.28. The summed E-state index contributed by atoms with van der Waals surface area (Å²) in [6, 6.07) is 0. The van der Waals surface area contributed by atoms with E-state index in [1.807, 2.05) is 6.92 Å². The van der Waals surface area contributed by atoms with Gasteiger partial charge in [0.15, 0.2) is 0 Å². The van der Waals surface area contributed by atoms with Gasteiger partial charge in [-0.05, 0) is 30.6 Å². The molecule has 2 atom stereocenters. The van der Waals surface area contributed by atoms with E-state index in [-0.39, 0.29) is 5.41 Å². The molecule has 0 rings (SSSR count). The van der Waals surface area contributed by atoms with Crippen LogP contribution in [0.2, 0.25) is 0 Å². The van der Waals surface area contributed by atoms with Crippen molar-refractivity contribution in [3.8, 4) is 0 Å². The zero-order valence-corrected chi connectivity index (χ0v) is 13.6. The smallest absolute Gasteiger partial charge is 0.0671 e. The largest absolute Gasteiger partial charge is 0.377 e. The molecular weight excluding hydrogens is 244 g/mol. The first kappa shape index (κ1) is 18.0. The van der Waals surface area contributed by atoms with Crippen LogP contribution in [0.5, 0.6) is 0 Å². The molecule has 0 spiro atoms. The van der Waals surface area contributed by atoms with Gasteiger partial charge in [0.2, 0.25) is 0 Å². The molecule has 2 heteroatoms. The van der Waals surface area contributed by atoms with Crippen molar-refractivity contribution in [2.45, 2.75) is 53.9 Å². The minimum absolute atomic E-state index is 0.282. The van der Waals surface area contributed by atoms with E-state index in [1.165, 1.54) is 12.8 Å². The molecule has 0 fully saturated rings. The molecule has 0 aliphatic heterocycles. The fourth-order valence-corrected chi connectivity index (χ4v) is 2.88. The van der Waals surface area contributed by atoms with Crippen molar-refractivity contribution in [3.63, 3.8) is 0 Å². The minimum Gasteiger partial charge on any atom is -0.377 e. The van der Waals surface area contributed by atoms with Crippen LogP contribution in [0.15, 0.2) is 12.2 Å². The zero-order valence-electron chi connectivity index (χ0n) is 12.9. The fraction of sp³-hybridized carbons (Fsp3) is 0.875. The van der Waals surface area contributed by atoms with Gasteiger partial charge in [-0.3, -0.25) is 0 Å². The highest BCUT2D eigenvalue weighted by molar-refractivity contribution is 6.18. The Kier molecular flexibility index (Phi) is 8.98. The topological polar surface area (TPSA) is 9.23 Å². The molecule has 0 saturated carbocycles. The van der Waals surface area contributed by atoms with Crippen LogP contribution in [0.3, 0.4) is 0 Å². The fourth-order valence-electron chi connectivity index (χ4n) is 2.33. The highest BCUT2D eigenvalue weighted by atomic mass is 35.5. The Morgan fingerprint density at radius 1 is 1.33 bits per heavy atom. The van der Waals surface area contributed by atoms with Gasteiger partial charge in [0.25, 0.3) is 0 Å². The Labute approximate surface area is 119 Å². The van der Waals surface area contributed by atoms with E-state index in [9.17, 15) is 0 Å². The monoisotopic (exact) mass is 274 g/mol. The van der Waals surface area contributed by atoms with E-state index >= 15 is 0 Å². The van der Waals surface area contributed by atoms with Crippen molar-refractivity contribution in [3.05, 3.63) is 12.2 Å². The van der Waals surface area contributed by atoms with Gasteiger partial charge in [-0.2, -0.15) is 0 Å². The quantitative estimate of drug-likeness (QED) is 0.299. The number of hydrogen-bond acceptors (Lipinski definition) is 1. The molecule has 0 heterocycles. The third-order valence-electron chi connectivity index (χ3n) is 4.19. The van der Waals surface area contributed by atoms with Gasteiger partial charge in [-0.15, -0.1) is 11.6 Å². The van der Waals surface area contributed by atoms with Gasteiger partial charge in [0.1, 0.15) is 0 Å². The van der Waals surface area contributed by atoms with Crippen molar-refractivity contribution in [2.24, 2.45) is 17.3 Å². The van der Waals surface area contributed by atoms with Crippen LogP contribution in [-0.4, -0.2) is 19.1 Å². The van der Waals surface area contributed by atoms with E-state index in [0.29, 0.717) is 18.4 Å². The molecule has 0 aliphatic carbocycles. The number of rotatable bonds is 10. The van der Waals surface area contributed by atoms with E-state index in [0.717, 1.165) is 24.5 Å². The van der Waals surface area contributed by atoms with Gasteiger partial charge in [-0.1, -0.05) is 52.7 Å². The number of alkyl halides is 1. The molecule has 1 nitrogen and oxygen atoms in total. The highest BCUT2D eigenvalue weighted by Crippen LogP contribution is 2.40. The minimum atomic E-state index is 0.282. The first-order valence-electron chi connectivity index (χ1n) is 7.14. The summed E-state index contributed by atoms with van der Waals surface area (Å²) in [4.78, 5) is 0. The molecule has 0 aromatic carbocycles. The summed E-state index contributed by atoms with van der Waals surface area (Å²) >= 11 is 6.16. The lowest BCUT2D eigenvalue weighted by molar-refractivity contribution is 0.0810. The van der Waals surface area contributed by atoms with Crippen LogP contribution in [-0.2, 0) is 4.74 Å². The second-order valence-electron chi connectivity index (χ2n) is 6.16. The molecule has 0 radical (unpaired) electrons. The molecule has 18 heavy (non-hydrogen) atoms. The lowest BCUT2D eigenvalue weighted by Gasteiger charge is -2.39. The average molecular weight is 275 g/mol. The van der Waals surface area contributed by atoms with E-state index in [1.54, 1.807) is 0 Å². The Balaban J connectivity index is 4.24. The first-order chi connectivity index (χ1) is 8.36. The summed E-state index contributed by atoms with van der Waals surface area (Å²) in [5, 5.41) is 0. The Hall–Kier alpha value is -0.0100. The van der Waals surface area contributed by atoms with Crippen molar-refractivity contribution < 1.29 is 4.74 Å². The second kappa shape index (κ2) is 8.98. The van der Waals surface area contributed by atoms with Gasteiger partial charge in [0, 0.05) is 12.5 Å². The van der Waals surface area contributed by atoms with E-state index in [4.69, 9.17) is 16.3 Å². The number of halogens is 1. The van der Waals surface area contributed by atoms with Crippen molar-refractivity contribution in [1.82, 2.24) is 0 Å². The van der Waals surface area contributed by atoms with Crippen LogP contribution in [0.4, 0.5) is 0 Å². The van der Waals surface area contributed by atoms with Crippen LogP contribution in [0.1, 0.15) is 53.9 Å². The predicted molar refractivity (Wildman–Crippen MR) is 82.3 cm³/mol. The first-order valence-corrected chi connectivity index (χ1v) is 7.67.